The molecule has 21 heavy (non-hydrogen) atoms. The molecule has 0 saturated heterocycles. The van der Waals surface area contributed by atoms with Gasteiger partial charge in [-0.1, -0.05) is 12.1 Å². The van der Waals surface area contributed by atoms with E-state index in [0.29, 0.717) is 28.0 Å². The molecule has 1 N–H and O–H groups in total. The summed E-state index contributed by atoms with van der Waals surface area (Å²) in [6, 6.07) is 10.8. The topological polar surface area (TPSA) is 83.2 Å². The quantitative estimate of drug-likeness (QED) is 0.797. The highest BCUT2D eigenvalue weighted by atomic mass is 32.1. The third-order valence-corrected chi connectivity index (χ3v) is 3.75. The molecule has 6 heteroatoms. The predicted molar refractivity (Wildman–Crippen MR) is 77.8 cm³/mol. The molecule has 0 atom stereocenters. The minimum atomic E-state index is -1.00. The number of carboxylic acids is 1. The number of aromatic nitrogens is 1. The molecule has 1 aromatic carbocycles. The lowest BCUT2D eigenvalue weighted by molar-refractivity contribution is 0.0702. The van der Waals surface area contributed by atoms with Crippen molar-refractivity contribution in [1.29, 1.82) is 5.26 Å². The highest BCUT2D eigenvalue weighted by molar-refractivity contribution is 7.12. The number of hydrogen-bond donors (Lipinski definition) is 1. The molecule has 3 aromatic rings. The highest BCUT2D eigenvalue weighted by Gasteiger charge is 2.13. The fourth-order valence-corrected chi connectivity index (χ4v) is 2.55. The van der Waals surface area contributed by atoms with Gasteiger partial charge in [0.1, 0.15) is 22.3 Å². The number of nitrogens with zero attached hydrogens (tertiary/aromatic N) is 2. The zero-order valence-electron chi connectivity index (χ0n) is 10.6. The first kappa shape index (κ1) is 13.1. The van der Waals surface area contributed by atoms with E-state index in [2.05, 4.69) is 4.98 Å². The van der Waals surface area contributed by atoms with Crippen LogP contribution in [0.5, 0.6) is 11.5 Å². The van der Waals surface area contributed by atoms with Crippen LogP contribution in [0.15, 0.2) is 41.9 Å². The number of rotatable bonds is 3. The Kier molecular flexibility index (Phi) is 3.26. The average Bonchev–Trinajstić information content (AvgIpc) is 2.96. The van der Waals surface area contributed by atoms with Crippen molar-refractivity contribution < 1.29 is 14.6 Å². The van der Waals surface area contributed by atoms with Gasteiger partial charge in [0, 0.05) is 23.0 Å². The number of nitriles is 1. The molecule has 0 saturated carbocycles. The van der Waals surface area contributed by atoms with E-state index in [1.807, 2.05) is 30.3 Å². The molecular formula is C15H8N2O3S. The van der Waals surface area contributed by atoms with E-state index < -0.39 is 5.97 Å². The maximum absolute atomic E-state index is 10.9. The Bertz CT molecular complexity index is 880. The van der Waals surface area contributed by atoms with Gasteiger partial charge >= 0.3 is 5.97 Å². The van der Waals surface area contributed by atoms with Gasteiger partial charge in [0.2, 0.25) is 0 Å². The van der Waals surface area contributed by atoms with Crippen LogP contribution in [0.3, 0.4) is 0 Å². The summed E-state index contributed by atoms with van der Waals surface area (Å²) in [5, 5.41) is 20.4. The molecule has 5 nitrogen and oxygen atoms in total. The minimum Gasteiger partial charge on any atom is -0.477 e. The van der Waals surface area contributed by atoms with Crippen molar-refractivity contribution in [3.8, 4) is 17.6 Å². The molecule has 0 aliphatic rings. The molecule has 102 valence electrons. The third kappa shape index (κ3) is 2.42. The lowest BCUT2D eigenvalue weighted by atomic mass is 10.1. The molecule has 0 bridgehead atoms. The van der Waals surface area contributed by atoms with Gasteiger partial charge < -0.3 is 9.84 Å². The van der Waals surface area contributed by atoms with Gasteiger partial charge in [0.25, 0.3) is 0 Å². The van der Waals surface area contributed by atoms with E-state index >= 15 is 0 Å². The first-order valence-electron chi connectivity index (χ1n) is 5.96. The number of hydrogen-bond acceptors (Lipinski definition) is 5. The Morgan fingerprint density at radius 2 is 2.19 bits per heavy atom. The van der Waals surface area contributed by atoms with E-state index in [9.17, 15) is 10.1 Å². The Balaban J connectivity index is 2.10. The number of pyridine rings is 1. The van der Waals surface area contributed by atoms with Crippen LogP contribution < -0.4 is 4.74 Å². The fourth-order valence-electron chi connectivity index (χ4n) is 1.91. The lowest BCUT2D eigenvalue weighted by Gasteiger charge is -2.08. The highest BCUT2D eigenvalue weighted by Crippen LogP contribution is 2.34. The van der Waals surface area contributed by atoms with Gasteiger partial charge in [-0.2, -0.15) is 5.26 Å². The minimum absolute atomic E-state index is 0.182. The molecule has 0 aliphatic carbocycles. The molecular weight excluding hydrogens is 288 g/mol. The van der Waals surface area contributed by atoms with Crippen LogP contribution in [0.25, 0.3) is 10.9 Å². The number of benzene rings is 1. The Hall–Kier alpha value is -2.91. The first-order chi connectivity index (χ1) is 10.2. The number of para-hydroxylation sites is 1. The van der Waals surface area contributed by atoms with Crippen LogP contribution >= 0.6 is 11.3 Å². The zero-order valence-corrected chi connectivity index (χ0v) is 11.4. The molecule has 0 unspecified atom stereocenters. The number of fused-ring (bicyclic) bond motifs is 1. The monoisotopic (exact) mass is 296 g/mol. The fraction of sp³-hybridized carbons (Fsp3) is 0. The summed E-state index contributed by atoms with van der Waals surface area (Å²) in [4.78, 5) is 15.3. The largest absolute Gasteiger partial charge is 0.477 e. The predicted octanol–water partition coefficient (Wildman–Crippen LogP) is 3.66. The van der Waals surface area contributed by atoms with Crippen molar-refractivity contribution >= 4 is 28.2 Å². The second-order valence-electron chi connectivity index (χ2n) is 4.18. The standard InChI is InChI=1S/C15H8N2O3S/c16-6-9-7-17-12-4-2-1-3-11(12)14(9)20-10-5-13(15(18)19)21-8-10/h1-5,7-8H,(H,18,19). The smallest absolute Gasteiger partial charge is 0.346 e. The molecule has 0 aliphatic heterocycles. The second kappa shape index (κ2) is 5.23. The lowest BCUT2D eigenvalue weighted by Crippen LogP contribution is -1.92. The van der Waals surface area contributed by atoms with E-state index in [1.54, 1.807) is 5.38 Å². The number of ether oxygens (including phenoxy) is 1. The molecule has 3 rings (SSSR count). The summed E-state index contributed by atoms with van der Waals surface area (Å²) in [6.45, 7) is 0. The second-order valence-corrected chi connectivity index (χ2v) is 5.10. The van der Waals surface area contributed by atoms with Gasteiger partial charge in [-0.3, -0.25) is 4.98 Å². The summed E-state index contributed by atoms with van der Waals surface area (Å²) in [6.07, 6.45) is 1.45. The van der Waals surface area contributed by atoms with Gasteiger partial charge in [-0.25, -0.2) is 4.79 Å². The molecule has 2 heterocycles. The number of carboxylic acid groups (broad SMARTS) is 1. The third-order valence-electron chi connectivity index (χ3n) is 2.85. The zero-order chi connectivity index (χ0) is 14.8. The van der Waals surface area contributed by atoms with Crippen LogP contribution in [0.1, 0.15) is 15.2 Å². The SMILES string of the molecule is N#Cc1cnc2ccccc2c1Oc1csc(C(=O)O)c1. The maximum Gasteiger partial charge on any atom is 0.346 e. The molecule has 0 amide bonds. The van der Waals surface area contributed by atoms with Crippen molar-refractivity contribution in [3.05, 3.63) is 52.3 Å². The number of aromatic carboxylic acids is 1. The Morgan fingerprint density at radius 3 is 2.90 bits per heavy atom. The van der Waals surface area contributed by atoms with Crippen molar-refractivity contribution in [1.82, 2.24) is 4.98 Å². The van der Waals surface area contributed by atoms with E-state index in [4.69, 9.17) is 9.84 Å². The van der Waals surface area contributed by atoms with E-state index in [-0.39, 0.29) is 4.88 Å². The molecule has 0 fully saturated rings. The summed E-state index contributed by atoms with van der Waals surface area (Å²) in [5.74, 6) is -0.224. The van der Waals surface area contributed by atoms with Crippen molar-refractivity contribution in [3.63, 3.8) is 0 Å². The normalized spacial score (nSPS) is 10.2. The summed E-state index contributed by atoms with van der Waals surface area (Å²) >= 11 is 1.07. The van der Waals surface area contributed by atoms with Crippen molar-refractivity contribution in [2.24, 2.45) is 0 Å². The van der Waals surface area contributed by atoms with Gasteiger partial charge in [-0.05, 0) is 12.1 Å². The van der Waals surface area contributed by atoms with E-state index in [1.165, 1.54) is 12.3 Å². The average molecular weight is 296 g/mol. The molecule has 2 aromatic heterocycles. The number of thiophene rings is 1. The van der Waals surface area contributed by atoms with Crippen LogP contribution in [-0.4, -0.2) is 16.1 Å². The maximum atomic E-state index is 10.9. The van der Waals surface area contributed by atoms with Crippen LogP contribution in [0.4, 0.5) is 0 Å². The van der Waals surface area contributed by atoms with Crippen molar-refractivity contribution in [2.75, 3.05) is 0 Å². The summed E-state index contributed by atoms with van der Waals surface area (Å²) in [7, 11) is 0. The first-order valence-corrected chi connectivity index (χ1v) is 6.84. The van der Waals surface area contributed by atoms with Crippen LogP contribution in [-0.2, 0) is 0 Å². The summed E-state index contributed by atoms with van der Waals surface area (Å²) in [5.41, 5.74) is 1.01. The van der Waals surface area contributed by atoms with Gasteiger partial charge in [0.15, 0.2) is 5.75 Å². The van der Waals surface area contributed by atoms with E-state index in [0.717, 1.165) is 11.3 Å². The Morgan fingerprint density at radius 1 is 1.38 bits per heavy atom. The summed E-state index contributed by atoms with van der Waals surface area (Å²) < 4.78 is 5.73. The van der Waals surface area contributed by atoms with Crippen molar-refractivity contribution in [2.45, 2.75) is 0 Å². The van der Waals surface area contributed by atoms with Crippen LogP contribution in [0, 0.1) is 11.3 Å². The van der Waals surface area contributed by atoms with Gasteiger partial charge in [0.05, 0.1) is 5.52 Å². The molecule has 0 spiro atoms. The van der Waals surface area contributed by atoms with Crippen LogP contribution in [0.2, 0.25) is 0 Å². The Labute approximate surface area is 123 Å². The number of carbonyl (C=O) groups is 1. The van der Waals surface area contributed by atoms with Gasteiger partial charge in [-0.15, -0.1) is 11.3 Å². The molecule has 0 radical (unpaired) electrons.